The van der Waals surface area contributed by atoms with E-state index in [0.717, 1.165) is 17.2 Å². The molecule has 1 fully saturated rings. The molecule has 1 aromatic heterocycles. The number of alkyl halides is 1. The molecule has 0 aliphatic heterocycles. The predicted molar refractivity (Wildman–Crippen MR) is 84.8 cm³/mol. The minimum absolute atomic E-state index is 0.0493. The van der Waals surface area contributed by atoms with Gasteiger partial charge in [0.15, 0.2) is 5.78 Å². The van der Waals surface area contributed by atoms with Gasteiger partial charge < -0.3 is 4.57 Å². The van der Waals surface area contributed by atoms with E-state index in [2.05, 4.69) is 25.3 Å². The fraction of sp³-hybridized carbons (Fsp3) is 0.706. The highest BCUT2D eigenvalue weighted by Crippen LogP contribution is 2.36. The Morgan fingerprint density at radius 2 is 1.95 bits per heavy atom. The van der Waals surface area contributed by atoms with Crippen LogP contribution in [0.5, 0.6) is 0 Å². The van der Waals surface area contributed by atoms with Gasteiger partial charge in [0.1, 0.15) is 0 Å². The predicted octanol–water partition coefficient (Wildman–Crippen LogP) is 5.06. The maximum atomic E-state index is 12.2. The summed E-state index contributed by atoms with van der Waals surface area (Å²) in [6.07, 6.45) is 6.39. The molecular weight excluding hydrogens is 270 g/mol. The van der Waals surface area contributed by atoms with Gasteiger partial charge in [-0.1, -0.05) is 13.3 Å². The molecule has 0 aromatic carbocycles. The zero-order valence-corrected chi connectivity index (χ0v) is 13.8. The van der Waals surface area contributed by atoms with Crippen LogP contribution in [-0.4, -0.2) is 15.7 Å². The molecular formula is C17H26ClNO. The van der Waals surface area contributed by atoms with E-state index in [1.54, 1.807) is 6.92 Å². The van der Waals surface area contributed by atoms with Crippen LogP contribution < -0.4 is 0 Å². The number of carbonyl (C=O) groups is 1. The Labute approximate surface area is 127 Å². The number of carbonyl (C=O) groups excluding carboxylic acids is 1. The SMILES string of the molecule is CCC1CCC(n2c(C)cc(C(=O)C(C)Cl)c2C)CC1. The van der Waals surface area contributed by atoms with E-state index in [4.69, 9.17) is 11.6 Å². The van der Waals surface area contributed by atoms with E-state index in [0.29, 0.717) is 6.04 Å². The summed E-state index contributed by atoms with van der Waals surface area (Å²) in [5.74, 6) is 0.944. The Morgan fingerprint density at radius 1 is 1.35 bits per heavy atom. The molecule has 0 amide bonds. The van der Waals surface area contributed by atoms with Crippen molar-refractivity contribution < 1.29 is 4.79 Å². The van der Waals surface area contributed by atoms with Crippen molar-refractivity contribution in [2.75, 3.05) is 0 Å². The summed E-state index contributed by atoms with van der Waals surface area (Å²) in [7, 11) is 0. The second kappa shape index (κ2) is 6.34. The largest absolute Gasteiger partial charge is 0.345 e. The Kier molecular flexibility index (Phi) is 4.95. The number of hydrogen-bond acceptors (Lipinski definition) is 1. The minimum Gasteiger partial charge on any atom is -0.345 e. The molecule has 2 rings (SSSR count). The minimum atomic E-state index is -0.445. The number of hydrogen-bond donors (Lipinski definition) is 0. The molecule has 1 atom stereocenters. The highest BCUT2D eigenvalue weighted by Gasteiger charge is 2.26. The first-order valence-electron chi connectivity index (χ1n) is 7.82. The van der Waals surface area contributed by atoms with Crippen molar-refractivity contribution in [2.45, 2.75) is 71.2 Å². The molecule has 20 heavy (non-hydrogen) atoms. The van der Waals surface area contributed by atoms with Crippen LogP contribution in [0.2, 0.25) is 0 Å². The van der Waals surface area contributed by atoms with Gasteiger partial charge in [0.25, 0.3) is 0 Å². The zero-order chi connectivity index (χ0) is 14.9. The molecule has 1 saturated carbocycles. The van der Waals surface area contributed by atoms with Crippen LogP contribution >= 0.6 is 11.6 Å². The van der Waals surface area contributed by atoms with Crippen LogP contribution in [0, 0.1) is 19.8 Å². The molecule has 1 heterocycles. The van der Waals surface area contributed by atoms with Crippen molar-refractivity contribution in [3.63, 3.8) is 0 Å². The molecule has 1 aliphatic rings. The lowest BCUT2D eigenvalue weighted by molar-refractivity contribution is 0.0991. The lowest BCUT2D eigenvalue weighted by Crippen LogP contribution is -2.20. The molecule has 2 nitrogen and oxygen atoms in total. The number of aryl methyl sites for hydroxylation is 1. The molecule has 3 heteroatoms. The third kappa shape index (κ3) is 2.95. The van der Waals surface area contributed by atoms with Gasteiger partial charge in [0.05, 0.1) is 5.38 Å². The topological polar surface area (TPSA) is 22.0 Å². The maximum absolute atomic E-state index is 12.2. The Morgan fingerprint density at radius 3 is 2.45 bits per heavy atom. The molecule has 0 bridgehead atoms. The molecule has 112 valence electrons. The van der Waals surface area contributed by atoms with E-state index < -0.39 is 5.38 Å². The zero-order valence-electron chi connectivity index (χ0n) is 13.1. The average Bonchev–Trinajstić information content (AvgIpc) is 2.73. The van der Waals surface area contributed by atoms with E-state index in [1.165, 1.54) is 37.8 Å². The smallest absolute Gasteiger partial charge is 0.182 e. The molecule has 1 aromatic rings. The van der Waals surface area contributed by atoms with Gasteiger partial charge in [-0.3, -0.25) is 4.79 Å². The molecule has 1 unspecified atom stereocenters. The van der Waals surface area contributed by atoms with Crippen LogP contribution in [0.1, 0.15) is 73.7 Å². The summed E-state index contributed by atoms with van der Waals surface area (Å²) in [5, 5.41) is -0.445. The Balaban J connectivity index is 2.23. The number of ketones is 1. The normalized spacial score (nSPS) is 24.6. The average molecular weight is 296 g/mol. The van der Waals surface area contributed by atoms with Crippen molar-refractivity contribution in [1.82, 2.24) is 4.57 Å². The standard InChI is InChI=1S/C17H26ClNO/c1-5-14-6-8-15(9-7-14)19-11(2)10-16(13(19)4)17(20)12(3)18/h10,12,14-15H,5-9H2,1-4H3. The summed E-state index contributed by atoms with van der Waals surface area (Å²) in [5.41, 5.74) is 3.10. The Hall–Kier alpha value is -0.760. The molecule has 0 N–H and O–H groups in total. The van der Waals surface area contributed by atoms with Gasteiger partial charge in [-0.15, -0.1) is 11.6 Å². The van der Waals surface area contributed by atoms with Crippen LogP contribution in [-0.2, 0) is 0 Å². The van der Waals surface area contributed by atoms with Crippen molar-refractivity contribution in [2.24, 2.45) is 5.92 Å². The summed E-state index contributed by atoms with van der Waals surface area (Å²) in [6.45, 7) is 8.21. The lowest BCUT2D eigenvalue weighted by atomic mass is 9.84. The van der Waals surface area contributed by atoms with Crippen LogP contribution in [0.25, 0.3) is 0 Å². The third-order valence-corrected chi connectivity index (χ3v) is 5.07. The molecule has 0 radical (unpaired) electrons. The van der Waals surface area contributed by atoms with Crippen molar-refractivity contribution in [3.8, 4) is 0 Å². The van der Waals surface area contributed by atoms with Gasteiger partial charge in [-0.25, -0.2) is 0 Å². The van der Waals surface area contributed by atoms with Crippen LogP contribution in [0.15, 0.2) is 6.07 Å². The van der Waals surface area contributed by atoms with Gasteiger partial charge in [0.2, 0.25) is 0 Å². The van der Waals surface area contributed by atoms with E-state index in [9.17, 15) is 4.79 Å². The second-order valence-electron chi connectivity index (χ2n) is 6.22. The molecule has 0 spiro atoms. The molecule has 0 saturated heterocycles. The first kappa shape index (κ1) is 15.6. The van der Waals surface area contributed by atoms with Gasteiger partial charge in [-0.2, -0.15) is 0 Å². The second-order valence-corrected chi connectivity index (χ2v) is 6.87. The molecule has 1 aliphatic carbocycles. The number of Topliss-reactive ketones (excluding diaryl/α,β-unsaturated/α-hetero) is 1. The lowest BCUT2D eigenvalue weighted by Gasteiger charge is -2.31. The van der Waals surface area contributed by atoms with Gasteiger partial charge in [0, 0.05) is 23.0 Å². The number of aromatic nitrogens is 1. The van der Waals surface area contributed by atoms with Crippen LogP contribution in [0.3, 0.4) is 0 Å². The fourth-order valence-electron chi connectivity index (χ4n) is 3.61. The Bertz CT molecular complexity index is 481. The fourth-order valence-corrected chi connectivity index (χ4v) is 3.73. The monoisotopic (exact) mass is 295 g/mol. The summed E-state index contributed by atoms with van der Waals surface area (Å²) in [6, 6.07) is 2.58. The first-order chi connectivity index (χ1) is 9.45. The van der Waals surface area contributed by atoms with Crippen molar-refractivity contribution in [1.29, 1.82) is 0 Å². The highest BCUT2D eigenvalue weighted by atomic mass is 35.5. The van der Waals surface area contributed by atoms with Gasteiger partial charge in [-0.05, 0) is 58.4 Å². The van der Waals surface area contributed by atoms with Crippen molar-refractivity contribution >= 4 is 17.4 Å². The maximum Gasteiger partial charge on any atom is 0.182 e. The number of halogens is 1. The highest BCUT2D eigenvalue weighted by molar-refractivity contribution is 6.33. The summed E-state index contributed by atoms with van der Waals surface area (Å²) < 4.78 is 2.37. The third-order valence-electron chi connectivity index (χ3n) is 4.87. The number of nitrogens with zero attached hydrogens (tertiary/aromatic N) is 1. The summed E-state index contributed by atoms with van der Waals surface area (Å²) in [4.78, 5) is 12.2. The van der Waals surface area contributed by atoms with E-state index >= 15 is 0 Å². The van der Waals surface area contributed by atoms with Crippen LogP contribution in [0.4, 0.5) is 0 Å². The van der Waals surface area contributed by atoms with Crippen molar-refractivity contribution in [3.05, 3.63) is 23.0 Å². The first-order valence-corrected chi connectivity index (χ1v) is 8.26. The van der Waals surface area contributed by atoms with Gasteiger partial charge >= 0.3 is 0 Å². The summed E-state index contributed by atoms with van der Waals surface area (Å²) >= 11 is 5.96. The van der Waals surface area contributed by atoms with E-state index in [1.807, 2.05) is 6.07 Å². The quantitative estimate of drug-likeness (QED) is 0.562. The van der Waals surface area contributed by atoms with E-state index in [-0.39, 0.29) is 5.78 Å². The number of rotatable bonds is 4.